The first-order valence-corrected chi connectivity index (χ1v) is 5.72. The molecule has 0 aliphatic rings. The van der Waals surface area contributed by atoms with Crippen LogP contribution in [0.1, 0.15) is 24.4 Å². The van der Waals surface area contributed by atoms with Gasteiger partial charge in [-0.1, -0.05) is 30.3 Å². The molecule has 0 aliphatic heterocycles. The van der Waals surface area contributed by atoms with Crippen molar-refractivity contribution in [1.82, 2.24) is 0 Å². The van der Waals surface area contributed by atoms with Crippen LogP contribution in [0.25, 0.3) is 0 Å². The van der Waals surface area contributed by atoms with Gasteiger partial charge in [0.25, 0.3) is 0 Å². The minimum atomic E-state index is 0.118. The van der Waals surface area contributed by atoms with E-state index in [9.17, 15) is 0 Å². The lowest BCUT2D eigenvalue weighted by Gasteiger charge is -2.11. The third kappa shape index (κ3) is 5.26. The molecule has 0 saturated carbocycles. The normalized spacial score (nSPS) is 12.6. The number of hydrogen-bond donors (Lipinski definition) is 1. The predicted molar refractivity (Wildman–Crippen MR) is 65.3 cm³/mol. The summed E-state index contributed by atoms with van der Waals surface area (Å²) in [5.41, 5.74) is 7.25. The van der Waals surface area contributed by atoms with Gasteiger partial charge in [0.1, 0.15) is 0 Å². The summed E-state index contributed by atoms with van der Waals surface area (Å²) < 4.78 is 10.3. The van der Waals surface area contributed by atoms with E-state index < -0.39 is 0 Å². The molecule has 0 amide bonds. The summed E-state index contributed by atoms with van der Waals surface area (Å²) in [6.07, 6.45) is 1.94. The van der Waals surface area contributed by atoms with Crippen LogP contribution in [0.15, 0.2) is 30.3 Å². The molecule has 0 heterocycles. The van der Waals surface area contributed by atoms with Crippen molar-refractivity contribution in [2.24, 2.45) is 5.73 Å². The zero-order valence-corrected chi connectivity index (χ0v) is 9.89. The van der Waals surface area contributed by atoms with E-state index >= 15 is 0 Å². The second-order valence-electron chi connectivity index (χ2n) is 3.76. The van der Waals surface area contributed by atoms with Gasteiger partial charge in [-0.15, -0.1) is 0 Å². The minimum absolute atomic E-state index is 0.118. The van der Waals surface area contributed by atoms with Crippen molar-refractivity contribution < 1.29 is 9.47 Å². The molecule has 2 N–H and O–H groups in total. The topological polar surface area (TPSA) is 44.5 Å². The standard InChI is InChI=1S/C13H21NO2/c1-15-10-11-16-9-5-8-13(14)12-6-3-2-4-7-12/h2-4,6-7,13H,5,8-11,14H2,1H3. The number of rotatable bonds is 8. The maximum atomic E-state index is 6.06. The smallest absolute Gasteiger partial charge is 0.0700 e. The van der Waals surface area contributed by atoms with Gasteiger partial charge in [0.2, 0.25) is 0 Å². The molecule has 90 valence electrons. The Bertz CT molecular complexity index is 264. The van der Waals surface area contributed by atoms with Crippen LogP contribution < -0.4 is 5.73 Å². The zero-order chi connectivity index (χ0) is 11.6. The highest BCUT2D eigenvalue weighted by molar-refractivity contribution is 5.18. The molecule has 3 nitrogen and oxygen atoms in total. The predicted octanol–water partition coefficient (Wildman–Crippen LogP) is 2.13. The molecule has 0 fully saturated rings. The molecule has 0 radical (unpaired) electrons. The van der Waals surface area contributed by atoms with E-state index in [2.05, 4.69) is 12.1 Å². The van der Waals surface area contributed by atoms with Gasteiger partial charge in [-0.3, -0.25) is 0 Å². The zero-order valence-electron chi connectivity index (χ0n) is 9.89. The Morgan fingerprint density at radius 3 is 2.56 bits per heavy atom. The SMILES string of the molecule is COCCOCCCC(N)c1ccccc1. The van der Waals surface area contributed by atoms with Crippen LogP contribution in [0.2, 0.25) is 0 Å². The fraction of sp³-hybridized carbons (Fsp3) is 0.538. The van der Waals surface area contributed by atoms with Crippen LogP contribution in [0, 0.1) is 0 Å². The number of benzene rings is 1. The van der Waals surface area contributed by atoms with E-state index in [0.29, 0.717) is 13.2 Å². The monoisotopic (exact) mass is 223 g/mol. The molecule has 3 heteroatoms. The highest BCUT2D eigenvalue weighted by Crippen LogP contribution is 2.14. The highest BCUT2D eigenvalue weighted by atomic mass is 16.5. The van der Waals surface area contributed by atoms with Crippen molar-refractivity contribution in [3.63, 3.8) is 0 Å². The quantitative estimate of drug-likeness (QED) is 0.687. The Balaban J connectivity index is 2.09. The van der Waals surface area contributed by atoms with E-state index in [0.717, 1.165) is 19.4 Å². The Morgan fingerprint density at radius 1 is 1.12 bits per heavy atom. The Kier molecular flexibility index (Phi) is 6.81. The van der Waals surface area contributed by atoms with E-state index in [1.807, 2.05) is 18.2 Å². The first-order chi connectivity index (χ1) is 7.84. The van der Waals surface area contributed by atoms with Gasteiger partial charge in [0.05, 0.1) is 13.2 Å². The van der Waals surface area contributed by atoms with Crippen molar-refractivity contribution in [2.45, 2.75) is 18.9 Å². The fourth-order valence-corrected chi connectivity index (χ4v) is 1.52. The summed E-state index contributed by atoms with van der Waals surface area (Å²) in [4.78, 5) is 0. The van der Waals surface area contributed by atoms with E-state index in [1.165, 1.54) is 5.56 Å². The minimum Gasteiger partial charge on any atom is -0.382 e. The molecule has 0 spiro atoms. The van der Waals surface area contributed by atoms with Gasteiger partial charge in [0.15, 0.2) is 0 Å². The number of ether oxygens (including phenoxy) is 2. The summed E-state index contributed by atoms with van der Waals surface area (Å²) in [5, 5.41) is 0. The fourth-order valence-electron chi connectivity index (χ4n) is 1.52. The van der Waals surface area contributed by atoms with Gasteiger partial charge in [-0.2, -0.15) is 0 Å². The van der Waals surface area contributed by atoms with Crippen molar-refractivity contribution in [2.75, 3.05) is 26.9 Å². The maximum absolute atomic E-state index is 6.06. The Hall–Kier alpha value is -0.900. The van der Waals surface area contributed by atoms with Crippen molar-refractivity contribution >= 4 is 0 Å². The van der Waals surface area contributed by atoms with Crippen LogP contribution in [-0.2, 0) is 9.47 Å². The second-order valence-corrected chi connectivity index (χ2v) is 3.76. The molecule has 16 heavy (non-hydrogen) atoms. The summed E-state index contributed by atoms with van der Waals surface area (Å²) >= 11 is 0. The average molecular weight is 223 g/mol. The van der Waals surface area contributed by atoms with Crippen molar-refractivity contribution in [1.29, 1.82) is 0 Å². The highest BCUT2D eigenvalue weighted by Gasteiger charge is 2.04. The molecule has 1 unspecified atom stereocenters. The third-order valence-electron chi connectivity index (χ3n) is 2.46. The van der Waals surface area contributed by atoms with Crippen molar-refractivity contribution in [3.05, 3.63) is 35.9 Å². The second kappa shape index (κ2) is 8.28. The molecular weight excluding hydrogens is 202 g/mol. The van der Waals surface area contributed by atoms with Crippen LogP contribution in [-0.4, -0.2) is 26.9 Å². The first-order valence-electron chi connectivity index (χ1n) is 5.72. The lowest BCUT2D eigenvalue weighted by molar-refractivity contribution is 0.0682. The summed E-state index contributed by atoms with van der Waals surface area (Å²) in [5.74, 6) is 0. The van der Waals surface area contributed by atoms with Gasteiger partial charge < -0.3 is 15.2 Å². The maximum Gasteiger partial charge on any atom is 0.0700 e. The van der Waals surface area contributed by atoms with E-state index in [4.69, 9.17) is 15.2 Å². The third-order valence-corrected chi connectivity index (χ3v) is 2.46. The van der Waals surface area contributed by atoms with E-state index in [1.54, 1.807) is 7.11 Å². The number of hydrogen-bond acceptors (Lipinski definition) is 3. The van der Waals surface area contributed by atoms with Gasteiger partial charge in [-0.25, -0.2) is 0 Å². The van der Waals surface area contributed by atoms with Crippen LogP contribution >= 0.6 is 0 Å². The summed E-state index contributed by atoms with van der Waals surface area (Å²) in [6, 6.07) is 10.3. The molecule has 1 aromatic rings. The van der Waals surface area contributed by atoms with Crippen LogP contribution in [0.5, 0.6) is 0 Å². The van der Waals surface area contributed by atoms with Gasteiger partial charge in [0, 0.05) is 19.8 Å². The molecule has 1 aromatic carbocycles. The molecule has 1 rings (SSSR count). The molecular formula is C13H21NO2. The average Bonchev–Trinajstić information content (AvgIpc) is 2.34. The molecule has 0 aliphatic carbocycles. The Morgan fingerprint density at radius 2 is 1.88 bits per heavy atom. The van der Waals surface area contributed by atoms with Crippen molar-refractivity contribution in [3.8, 4) is 0 Å². The lowest BCUT2D eigenvalue weighted by atomic mass is 10.0. The summed E-state index contributed by atoms with van der Waals surface area (Å²) in [7, 11) is 1.68. The number of nitrogens with two attached hydrogens (primary N) is 1. The summed E-state index contributed by atoms with van der Waals surface area (Å²) in [6.45, 7) is 2.08. The number of methoxy groups -OCH3 is 1. The molecule has 0 saturated heterocycles. The van der Waals surface area contributed by atoms with Crippen LogP contribution in [0.4, 0.5) is 0 Å². The largest absolute Gasteiger partial charge is 0.382 e. The lowest BCUT2D eigenvalue weighted by Crippen LogP contribution is -2.11. The first kappa shape index (κ1) is 13.2. The molecule has 0 aromatic heterocycles. The molecule has 1 atom stereocenters. The van der Waals surface area contributed by atoms with Gasteiger partial charge in [-0.05, 0) is 18.4 Å². The van der Waals surface area contributed by atoms with E-state index in [-0.39, 0.29) is 6.04 Å². The molecule has 0 bridgehead atoms. The Labute approximate surface area is 97.6 Å². The van der Waals surface area contributed by atoms with Gasteiger partial charge >= 0.3 is 0 Å². The van der Waals surface area contributed by atoms with Crippen LogP contribution in [0.3, 0.4) is 0 Å².